The Balaban J connectivity index is 1.50. The molecule has 0 saturated carbocycles. The second-order valence-corrected chi connectivity index (χ2v) is 7.52. The Kier molecular flexibility index (Phi) is 5.37. The minimum atomic E-state index is -0.918. The number of methoxy groups -OCH3 is 1. The Labute approximate surface area is 169 Å². The van der Waals surface area contributed by atoms with Crippen LogP contribution in [-0.2, 0) is 17.9 Å². The molecule has 9 nitrogen and oxygen atoms in total. The van der Waals surface area contributed by atoms with Crippen LogP contribution in [0.2, 0.25) is 0 Å². The highest BCUT2D eigenvalue weighted by molar-refractivity contribution is 5.90. The van der Waals surface area contributed by atoms with Gasteiger partial charge in [-0.25, -0.2) is 9.82 Å². The maximum absolute atomic E-state index is 13.2. The van der Waals surface area contributed by atoms with Crippen LogP contribution < -0.4 is 20.5 Å². The first-order valence-electron chi connectivity index (χ1n) is 9.71. The van der Waals surface area contributed by atoms with Gasteiger partial charge in [0.15, 0.2) is 5.83 Å². The van der Waals surface area contributed by atoms with E-state index < -0.39 is 11.7 Å². The van der Waals surface area contributed by atoms with Gasteiger partial charge in [0.05, 0.1) is 12.8 Å². The number of aromatic nitrogens is 2. The second-order valence-electron chi connectivity index (χ2n) is 7.52. The lowest BCUT2D eigenvalue weighted by Gasteiger charge is -2.35. The molecule has 1 atom stereocenters. The molecule has 1 amide bonds. The number of hydrogen-bond donors (Lipinski definition) is 2. The van der Waals surface area contributed by atoms with Gasteiger partial charge in [0.25, 0.3) is 5.91 Å². The predicted molar refractivity (Wildman–Crippen MR) is 106 cm³/mol. The third kappa shape index (κ3) is 3.90. The molecule has 10 heteroatoms. The van der Waals surface area contributed by atoms with E-state index in [0.29, 0.717) is 32.2 Å². The highest BCUT2D eigenvalue weighted by Crippen LogP contribution is 2.32. The zero-order valence-corrected chi connectivity index (χ0v) is 16.7. The first-order chi connectivity index (χ1) is 14.0. The number of piperazine rings is 1. The SMILES string of the molecule is C=C(F)C(=O)N1CCN(c2nc(OC)nc3c2CN(CC2=CNNC2C)C3)CC1. The maximum atomic E-state index is 13.2. The molecule has 0 radical (unpaired) electrons. The summed E-state index contributed by atoms with van der Waals surface area (Å²) in [5, 5.41) is 0. The van der Waals surface area contributed by atoms with Crippen molar-refractivity contribution in [2.45, 2.75) is 26.1 Å². The zero-order valence-electron chi connectivity index (χ0n) is 16.7. The van der Waals surface area contributed by atoms with Gasteiger partial charge in [-0.1, -0.05) is 6.58 Å². The van der Waals surface area contributed by atoms with E-state index in [2.05, 4.69) is 44.1 Å². The minimum absolute atomic E-state index is 0.287. The summed E-state index contributed by atoms with van der Waals surface area (Å²) in [5.41, 5.74) is 9.58. The van der Waals surface area contributed by atoms with Crippen LogP contribution in [-0.4, -0.2) is 71.6 Å². The van der Waals surface area contributed by atoms with E-state index in [1.165, 1.54) is 10.5 Å². The summed E-state index contributed by atoms with van der Waals surface area (Å²) in [6, 6.07) is 0.627. The summed E-state index contributed by atoms with van der Waals surface area (Å²) >= 11 is 0. The van der Waals surface area contributed by atoms with E-state index in [1.54, 1.807) is 7.11 Å². The standard InChI is InChI=1S/C19H26FN7O2/c1-12(20)18(28)27-6-4-26(5-7-27)17-15-10-25(9-14-8-21-24-13(14)2)11-16(15)22-19(23-17)29-3/h8,13,21,24H,1,4-7,9-11H2,2-3H3. The molecule has 1 aromatic rings. The third-order valence-electron chi connectivity index (χ3n) is 5.61. The summed E-state index contributed by atoms with van der Waals surface area (Å²) in [5.74, 6) is -0.717. The number of fused-ring (bicyclic) bond motifs is 1. The van der Waals surface area contributed by atoms with Crippen molar-refractivity contribution in [1.29, 1.82) is 0 Å². The van der Waals surface area contributed by atoms with Crippen LogP contribution in [0, 0.1) is 0 Å². The number of ether oxygens (including phenoxy) is 1. The maximum Gasteiger partial charge on any atom is 0.318 e. The molecular weight excluding hydrogens is 377 g/mol. The highest BCUT2D eigenvalue weighted by atomic mass is 19.1. The summed E-state index contributed by atoms with van der Waals surface area (Å²) < 4.78 is 18.5. The molecule has 2 N–H and O–H groups in total. The molecule has 3 aliphatic heterocycles. The van der Waals surface area contributed by atoms with Crippen molar-refractivity contribution in [2.75, 3.05) is 44.7 Å². The lowest BCUT2D eigenvalue weighted by Crippen LogP contribution is -2.49. The summed E-state index contributed by atoms with van der Waals surface area (Å²) in [6.07, 6.45) is 2.01. The number of hydrogen-bond acceptors (Lipinski definition) is 8. The monoisotopic (exact) mass is 403 g/mol. The molecule has 1 saturated heterocycles. The Hall–Kier alpha value is -2.72. The second kappa shape index (κ2) is 7.96. The molecule has 1 unspecified atom stereocenters. The van der Waals surface area contributed by atoms with Crippen LogP contribution >= 0.6 is 0 Å². The quantitative estimate of drug-likeness (QED) is 0.680. The molecule has 4 rings (SSSR count). The van der Waals surface area contributed by atoms with E-state index >= 15 is 0 Å². The van der Waals surface area contributed by atoms with Gasteiger partial charge in [-0.05, 0) is 12.5 Å². The average molecular weight is 403 g/mol. The van der Waals surface area contributed by atoms with E-state index in [9.17, 15) is 9.18 Å². The summed E-state index contributed by atoms with van der Waals surface area (Å²) in [4.78, 5) is 26.9. The van der Waals surface area contributed by atoms with Crippen LogP contribution in [0.4, 0.5) is 10.2 Å². The van der Waals surface area contributed by atoms with Crippen molar-refractivity contribution < 1.29 is 13.9 Å². The third-order valence-corrected chi connectivity index (χ3v) is 5.61. The van der Waals surface area contributed by atoms with Gasteiger partial charge in [0.1, 0.15) is 5.82 Å². The lowest BCUT2D eigenvalue weighted by atomic mass is 10.1. The topological polar surface area (TPSA) is 85.9 Å². The summed E-state index contributed by atoms with van der Waals surface area (Å²) in [6.45, 7) is 9.53. The molecule has 156 valence electrons. The van der Waals surface area contributed by atoms with Crippen molar-refractivity contribution in [2.24, 2.45) is 0 Å². The van der Waals surface area contributed by atoms with Crippen LogP contribution in [0.5, 0.6) is 6.01 Å². The minimum Gasteiger partial charge on any atom is -0.467 e. The molecule has 0 bridgehead atoms. The van der Waals surface area contributed by atoms with E-state index in [1.807, 2.05) is 6.20 Å². The smallest absolute Gasteiger partial charge is 0.318 e. The molecule has 0 aliphatic carbocycles. The molecule has 0 spiro atoms. The first-order valence-corrected chi connectivity index (χ1v) is 9.71. The Bertz CT molecular complexity index is 851. The van der Waals surface area contributed by atoms with Crippen LogP contribution in [0.15, 0.2) is 24.2 Å². The molecule has 3 aliphatic rings. The molecule has 29 heavy (non-hydrogen) atoms. The van der Waals surface area contributed by atoms with Gasteiger partial charge < -0.3 is 20.0 Å². The van der Waals surface area contributed by atoms with Gasteiger partial charge in [0.2, 0.25) is 0 Å². The fraction of sp³-hybridized carbons (Fsp3) is 0.526. The fourth-order valence-corrected chi connectivity index (χ4v) is 3.95. The Morgan fingerprint density at radius 3 is 2.69 bits per heavy atom. The first kappa shape index (κ1) is 19.6. The van der Waals surface area contributed by atoms with Gasteiger partial charge in [-0.15, -0.1) is 0 Å². The van der Waals surface area contributed by atoms with Gasteiger partial charge in [-0.3, -0.25) is 9.69 Å². The number of hydrazine groups is 1. The van der Waals surface area contributed by atoms with E-state index in [4.69, 9.17) is 4.74 Å². The number of nitrogens with one attached hydrogen (secondary N) is 2. The summed E-state index contributed by atoms with van der Waals surface area (Å²) in [7, 11) is 1.56. The number of halogens is 1. The van der Waals surface area contributed by atoms with Crippen molar-refractivity contribution >= 4 is 11.7 Å². The number of anilines is 1. The molecule has 1 fully saturated rings. The van der Waals surface area contributed by atoms with E-state index in [-0.39, 0.29) is 6.04 Å². The number of carbonyl (C=O) groups excluding carboxylic acids is 1. The van der Waals surface area contributed by atoms with Gasteiger partial charge >= 0.3 is 6.01 Å². The van der Waals surface area contributed by atoms with Crippen molar-refractivity contribution in [3.05, 3.63) is 35.4 Å². The van der Waals surface area contributed by atoms with Crippen molar-refractivity contribution in [3.8, 4) is 6.01 Å². The van der Waals surface area contributed by atoms with Crippen molar-refractivity contribution in [3.63, 3.8) is 0 Å². The van der Waals surface area contributed by atoms with Crippen LogP contribution in [0.1, 0.15) is 18.2 Å². The number of nitrogens with zero attached hydrogens (tertiary/aromatic N) is 5. The largest absolute Gasteiger partial charge is 0.467 e. The molecule has 0 aromatic carbocycles. The van der Waals surface area contributed by atoms with Crippen LogP contribution in [0.3, 0.4) is 0 Å². The predicted octanol–water partition coefficient (Wildman–Crippen LogP) is 0.313. The normalized spacial score (nSPS) is 21.6. The highest BCUT2D eigenvalue weighted by Gasteiger charge is 2.31. The molecule has 1 aromatic heterocycles. The number of carbonyl (C=O) groups is 1. The lowest BCUT2D eigenvalue weighted by molar-refractivity contribution is -0.128. The molecular formula is C19H26FN7O2. The molecule has 4 heterocycles. The average Bonchev–Trinajstić information content (AvgIpc) is 3.32. The van der Waals surface area contributed by atoms with Crippen LogP contribution in [0.25, 0.3) is 0 Å². The Morgan fingerprint density at radius 2 is 2.07 bits per heavy atom. The zero-order chi connectivity index (χ0) is 20.5. The van der Waals surface area contributed by atoms with Gasteiger partial charge in [0, 0.05) is 63.6 Å². The van der Waals surface area contributed by atoms with Gasteiger partial charge in [-0.2, -0.15) is 9.97 Å². The van der Waals surface area contributed by atoms with Crippen molar-refractivity contribution in [1.82, 2.24) is 30.6 Å². The fourth-order valence-electron chi connectivity index (χ4n) is 3.95. The number of rotatable bonds is 5. The number of amides is 1. The Morgan fingerprint density at radius 1 is 1.31 bits per heavy atom. The van der Waals surface area contributed by atoms with E-state index in [0.717, 1.165) is 36.7 Å².